The lowest BCUT2D eigenvalue weighted by atomic mass is 9.83. The molecular weight excluding hydrogens is 174 g/mol. The fraction of sp³-hybridized carbons (Fsp3) is 0.917. The largest absolute Gasteiger partial charge is 0.313 e. The summed E-state index contributed by atoms with van der Waals surface area (Å²) < 4.78 is 0. The van der Waals surface area contributed by atoms with Crippen LogP contribution >= 0.6 is 0 Å². The second-order valence-corrected chi connectivity index (χ2v) is 4.88. The Hall–Kier alpha value is -0.370. The Morgan fingerprint density at radius 3 is 2.71 bits per heavy atom. The van der Waals surface area contributed by atoms with Crippen LogP contribution in [0.15, 0.2) is 0 Å². The third kappa shape index (κ3) is 2.81. The average molecular weight is 195 g/mol. The van der Waals surface area contributed by atoms with Gasteiger partial charge in [0.1, 0.15) is 5.78 Å². The van der Waals surface area contributed by atoms with Gasteiger partial charge in [-0.3, -0.25) is 4.79 Å². The van der Waals surface area contributed by atoms with Crippen molar-refractivity contribution in [3.05, 3.63) is 0 Å². The van der Waals surface area contributed by atoms with Gasteiger partial charge in [-0.1, -0.05) is 32.1 Å². The van der Waals surface area contributed by atoms with Crippen molar-refractivity contribution in [1.82, 2.24) is 5.32 Å². The normalized spacial score (nSPS) is 30.6. The molecule has 1 saturated heterocycles. The molecule has 1 unspecified atom stereocenters. The van der Waals surface area contributed by atoms with Crippen LogP contribution in [0.3, 0.4) is 0 Å². The topological polar surface area (TPSA) is 29.1 Å². The molecule has 1 atom stereocenters. The molecule has 2 nitrogen and oxygen atoms in total. The van der Waals surface area contributed by atoms with Crippen molar-refractivity contribution < 1.29 is 4.79 Å². The summed E-state index contributed by atoms with van der Waals surface area (Å²) in [4.78, 5) is 11.3. The number of piperidine rings is 1. The molecule has 1 heterocycles. The van der Waals surface area contributed by atoms with Gasteiger partial charge in [0.25, 0.3) is 0 Å². The van der Waals surface area contributed by atoms with Crippen molar-refractivity contribution in [3.8, 4) is 0 Å². The molecule has 0 spiro atoms. The summed E-state index contributed by atoms with van der Waals surface area (Å²) in [5.41, 5.74) is 0. The van der Waals surface area contributed by atoms with Crippen molar-refractivity contribution in [1.29, 1.82) is 0 Å². The van der Waals surface area contributed by atoms with Gasteiger partial charge in [0.2, 0.25) is 0 Å². The van der Waals surface area contributed by atoms with Crippen LogP contribution in [0.2, 0.25) is 0 Å². The van der Waals surface area contributed by atoms with Crippen LogP contribution in [0.5, 0.6) is 0 Å². The molecule has 2 rings (SSSR count). The summed E-state index contributed by atoms with van der Waals surface area (Å²) in [7, 11) is 0. The molecule has 1 saturated carbocycles. The van der Waals surface area contributed by atoms with E-state index in [2.05, 4.69) is 5.32 Å². The highest BCUT2D eigenvalue weighted by Gasteiger charge is 2.23. The van der Waals surface area contributed by atoms with Crippen LogP contribution in [0.4, 0.5) is 0 Å². The van der Waals surface area contributed by atoms with E-state index in [1.54, 1.807) is 0 Å². The minimum atomic E-state index is 0.463. The number of carbonyl (C=O) groups excluding carboxylic acids is 1. The van der Waals surface area contributed by atoms with Crippen LogP contribution in [-0.2, 0) is 4.79 Å². The van der Waals surface area contributed by atoms with Crippen LogP contribution in [0, 0.1) is 5.92 Å². The lowest BCUT2D eigenvalue weighted by Gasteiger charge is -2.29. The van der Waals surface area contributed by atoms with Gasteiger partial charge >= 0.3 is 0 Å². The van der Waals surface area contributed by atoms with Crippen molar-refractivity contribution in [2.24, 2.45) is 5.92 Å². The molecule has 0 aromatic rings. The molecule has 1 aliphatic carbocycles. The van der Waals surface area contributed by atoms with Gasteiger partial charge in [-0.2, -0.15) is 0 Å². The molecule has 0 amide bonds. The Balaban J connectivity index is 1.75. The van der Waals surface area contributed by atoms with Crippen LogP contribution in [-0.4, -0.2) is 18.4 Å². The van der Waals surface area contributed by atoms with E-state index in [9.17, 15) is 4.79 Å². The summed E-state index contributed by atoms with van der Waals surface area (Å²) in [6, 6.07) is 0.499. The smallest absolute Gasteiger partial charge is 0.135 e. The zero-order valence-electron chi connectivity index (χ0n) is 8.93. The number of Topliss-reactive ketones (excluding diaryl/α,β-unsaturated/α-hetero) is 1. The van der Waals surface area contributed by atoms with E-state index in [4.69, 9.17) is 0 Å². The Bertz CT molecular complexity index is 196. The Kier molecular flexibility index (Phi) is 3.57. The molecule has 0 aromatic carbocycles. The maximum absolute atomic E-state index is 11.3. The monoisotopic (exact) mass is 195 g/mol. The van der Waals surface area contributed by atoms with Gasteiger partial charge < -0.3 is 5.32 Å². The van der Waals surface area contributed by atoms with Crippen LogP contribution < -0.4 is 5.32 Å². The lowest BCUT2D eigenvalue weighted by molar-refractivity contribution is -0.120. The quantitative estimate of drug-likeness (QED) is 0.732. The van der Waals surface area contributed by atoms with Gasteiger partial charge in [0.05, 0.1) is 0 Å². The predicted octanol–water partition coefficient (Wildman–Crippen LogP) is 2.28. The number of rotatable bonds is 2. The van der Waals surface area contributed by atoms with E-state index in [-0.39, 0.29) is 0 Å². The molecule has 0 aromatic heterocycles. The lowest BCUT2D eigenvalue weighted by Crippen LogP contribution is -2.39. The van der Waals surface area contributed by atoms with E-state index >= 15 is 0 Å². The highest BCUT2D eigenvalue weighted by Crippen LogP contribution is 2.28. The third-order valence-electron chi connectivity index (χ3n) is 3.65. The van der Waals surface area contributed by atoms with Crippen LogP contribution in [0.1, 0.15) is 51.4 Å². The summed E-state index contributed by atoms with van der Waals surface area (Å²) in [6.07, 6.45) is 9.81. The SMILES string of the molecule is O=C1CCNC(CC2CCCCC2)C1. The van der Waals surface area contributed by atoms with E-state index in [1.807, 2.05) is 0 Å². The number of ketones is 1. The van der Waals surface area contributed by atoms with E-state index in [1.165, 1.54) is 38.5 Å². The number of hydrogen-bond donors (Lipinski definition) is 1. The average Bonchev–Trinajstić information content (AvgIpc) is 2.19. The number of carbonyl (C=O) groups is 1. The Morgan fingerprint density at radius 1 is 1.21 bits per heavy atom. The molecule has 0 radical (unpaired) electrons. The first-order valence-corrected chi connectivity index (χ1v) is 6.09. The molecule has 1 aliphatic heterocycles. The minimum Gasteiger partial charge on any atom is -0.313 e. The summed E-state index contributed by atoms with van der Waals surface area (Å²) >= 11 is 0. The Labute approximate surface area is 86.5 Å². The summed E-state index contributed by atoms with van der Waals surface area (Å²) in [5.74, 6) is 1.36. The molecule has 2 heteroatoms. The van der Waals surface area contributed by atoms with E-state index < -0.39 is 0 Å². The van der Waals surface area contributed by atoms with Gasteiger partial charge in [0.15, 0.2) is 0 Å². The first kappa shape index (κ1) is 10.2. The minimum absolute atomic E-state index is 0.463. The van der Waals surface area contributed by atoms with Gasteiger partial charge in [-0.05, 0) is 12.3 Å². The molecule has 2 fully saturated rings. The Morgan fingerprint density at radius 2 is 2.00 bits per heavy atom. The van der Waals surface area contributed by atoms with E-state index in [0.29, 0.717) is 11.8 Å². The summed E-state index contributed by atoms with van der Waals surface area (Å²) in [5, 5.41) is 3.48. The second-order valence-electron chi connectivity index (χ2n) is 4.88. The maximum Gasteiger partial charge on any atom is 0.135 e. The van der Waals surface area contributed by atoms with Gasteiger partial charge in [0, 0.05) is 25.4 Å². The molecular formula is C12H21NO. The first-order chi connectivity index (χ1) is 6.84. The zero-order valence-corrected chi connectivity index (χ0v) is 8.93. The third-order valence-corrected chi connectivity index (χ3v) is 3.65. The molecule has 14 heavy (non-hydrogen) atoms. The van der Waals surface area contributed by atoms with Crippen LogP contribution in [0.25, 0.3) is 0 Å². The zero-order chi connectivity index (χ0) is 9.80. The molecule has 2 aliphatic rings. The van der Waals surface area contributed by atoms with Gasteiger partial charge in [-0.25, -0.2) is 0 Å². The van der Waals surface area contributed by atoms with Crippen molar-refractivity contribution in [2.75, 3.05) is 6.54 Å². The summed E-state index contributed by atoms with van der Waals surface area (Å²) in [6.45, 7) is 0.913. The fourth-order valence-electron chi connectivity index (χ4n) is 2.86. The van der Waals surface area contributed by atoms with E-state index in [0.717, 1.165) is 25.3 Å². The van der Waals surface area contributed by atoms with Crippen molar-refractivity contribution in [2.45, 2.75) is 57.4 Å². The first-order valence-electron chi connectivity index (χ1n) is 6.09. The molecule has 1 N–H and O–H groups in total. The predicted molar refractivity (Wildman–Crippen MR) is 57.2 cm³/mol. The fourth-order valence-corrected chi connectivity index (χ4v) is 2.86. The maximum atomic E-state index is 11.3. The highest BCUT2D eigenvalue weighted by atomic mass is 16.1. The molecule has 0 bridgehead atoms. The second kappa shape index (κ2) is 4.92. The van der Waals surface area contributed by atoms with Crippen molar-refractivity contribution in [3.63, 3.8) is 0 Å². The number of nitrogens with one attached hydrogen (secondary N) is 1. The highest BCUT2D eigenvalue weighted by molar-refractivity contribution is 5.79. The number of hydrogen-bond acceptors (Lipinski definition) is 2. The van der Waals surface area contributed by atoms with Crippen molar-refractivity contribution >= 4 is 5.78 Å². The van der Waals surface area contributed by atoms with Gasteiger partial charge in [-0.15, -0.1) is 0 Å². The standard InChI is InChI=1S/C12H21NO/c14-12-6-7-13-11(9-12)8-10-4-2-1-3-5-10/h10-11,13H,1-9H2. The molecule has 80 valence electrons.